The van der Waals surface area contributed by atoms with Gasteiger partial charge in [0.05, 0.1) is 12.1 Å². The van der Waals surface area contributed by atoms with Crippen molar-refractivity contribution in [3.63, 3.8) is 0 Å². The fourth-order valence-electron chi connectivity index (χ4n) is 1.66. The average Bonchev–Trinajstić information content (AvgIpc) is 2.65. The Kier molecular flexibility index (Phi) is 3.85. The van der Waals surface area contributed by atoms with Crippen LogP contribution in [-0.2, 0) is 0 Å². The Morgan fingerprint density at radius 2 is 2.05 bits per heavy atom. The summed E-state index contributed by atoms with van der Waals surface area (Å²) in [5.74, 6) is -1.18. The highest BCUT2D eigenvalue weighted by Crippen LogP contribution is 2.34. The average molecular weight is 306 g/mol. The van der Waals surface area contributed by atoms with E-state index in [4.69, 9.17) is 5.73 Å². The molecule has 0 saturated heterocycles. The van der Waals surface area contributed by atoms with E-state index in [1.165, 1.54) is 18.2 Å². The van der Waals surface area contributed by atoms with Gasteiger partial charge in [-0.25, -0.2) is 4.39 Å². The van der Waals surface area contributed by atoms with E-state index in [2.05, 4.69) is 5.32 Å². The van der Waals surface area contributed by atoms with Crippen LogP contribution in [-0.4, -0.2) is 18.6 Å². The van der Waals surface area contributed by atoms with Crippen LogP contribution < -0.4 is 11.1 Å². The van der Waals surface area contributed by atoms with Crippen molar-refractivity contribution in [2.24, 2.45) is 0 Å². The van der Waals surface area contributed by atoms with Crippen LogP contribution in [0.5, 0.6) is 0 Å². The van der Waals surface area contributed by atoms with Crippen LogP contribution in [0.2, 0.25) is 0 Å². The van der Waals surface area contributed by atoms with E-state index >= 15 is 0 Å². The lowest BCUT2D eigenvalue weighted by atomic mass is 10.2. The maximum Gasteiger partial charge on any atom is 0.390 e. The fraction of sp³-hybridized carbons (Fsp3) is 0.250. The van der Waals surface area contributed by atoms with E-state index in [-0.39, 0.29) is 10.6 Å². The summed E-state index contributed by atoms with van der Waals surface area (Å²) in [7, 11) is 0. The maximum atomic E-state index is 13.1. The number of carbonyl (C=O) groups excluding carboxylic acids is 1. The predicted molar refractivity (Wildman–Crippen MR) is 69.2 cm³/mol. The van der Waals surface area contributed by atoms with Gasteiger partial charge in [-0.1, -0.05) is 0 Å². The first-order valence-electron chi connectivity index (χ1n) is 5.60. The van der Waals surface area contributed by atoms with Gasteiger partial charge in [0, 0.05) is 16.6 Å². The summed E-state index contributed by atoms with van der Waals surface area (Å²) in [5.41, 5.74) is 5.80. The molecule has 2 aromatic rings. The molecule has 0 spiro atoms. The Balaban J connectivity index is 2.16. The van der Waals surface area contributed by atoms with Crippen LogP contribution in [0, 0.1) is 5.82 Å². The molecule has 108 valence electrons. The number of hydrogen-bond donors (Lipinski definition) is 2. The minimum Gasteiger partial charge on any atom is -0.397 e. The molecule has 0 bridgehead atoms. The van der Waals surface area contributed by atoms with Crippen molar-refractivity contribution < 1.29 is 22.4 Å². The fourth-order valence-corrected chi connectivity index (χ4v) is 2.68. The molecule has 0 atom stereocenters. The highest BCUT2D eigenvalue weighted by atomic mass is 32.1. The van der Waals surface area contributed by atoms with Crippen molar-refractivity contribution in [2.75, 3.05) is 12.3 Å². The van der Waals surface area contributed by atoms with Crippen LogP contribution >= 0.6 is 11.3 Å². The van der Waals surface area contributed by atoms with Gasteiger partial charge in [0.15, 0.2) is 0 Å². The van der Waals surface area contributed by atoms with Gasteiger partial charge in [-0.15, -0.1) is 11.3 Å². The first kappa shape index (κ1) is 14.6. The monoisotopic (exact) mass is 306 g/mol. The third-order valence-electron chi connectivity index (χ3n) is 2.59. The van der Waals surface area contributed by atoms with Crippen LogP contribution in [0.4, 0.5) is 23.2 Å². The molecule has 0 saturated carbocycles. The number of nitrogens with one attached hydrogen (secondary N) is 1. The molecule has 1 aromatic heterocycles. The molecule has 8 heteroatoms. The van der Waals surface area contributed by atoms with Crippen LogP contribution in [0.3, 0.4) is 0 Å². The van der Waals surface area contributed by atoms with Crippen molar-refractivity contribution >= 4 is 33.0 Å². The number of alkyl halides is 3. The highest BCUT2D eigenvalue weighted by Gasteiger charge is 2.27. The van der Waals surface area contributed by atoms with Gasteiger partial charge >= 0.3 is 6.18 Å². The van der Waals surface area contributed by atoms with E-state index in [1.807, 2.05) is 0 Å². The highest BCUT2D eigenvalue weighted by molar-refractivity contribution is 7.21. The molecule has 3 N–H and O–H groups in total. The largest absolute Gasteiger partial charge is 0.397 e. The summed E-state index contributed by atoms with van der Waals surface area (Å²) in [6.45, 7) is -0.523. The number of halogens is 4. The van der Waals surface area contributed by atoms with Gasteiger partial charge < -0.3 is 11.1 Å². The summed E-state index contributed by atoms with van der Waals surface area (Å²) in [4.78, 5) is 11.9. The zero-order chi connectivity index (χ0) is 14.9. The van der Waals surface area contributed by atoms with Crippen molar-refractivity contribution in [3.8, 4) is 0 Å². The lowest BCUT2D eigenvalue weighted by molar-refractivity contribution is -0.132. The molecule has 0 aliphatic rings. The summed E-state index contributed by atoms with van der Waals surface area (Å²) >= 11 is 1.01. The molecular weight excluding hydrogens is 296 g/mol. The van der Waals surface area contributed by atoms with Gasteiger partial charge in [-0.3, -0.25) is 4.79 Å². The normalized spacial score (nSPS) is 11.8. The van der Waals surface area contributed by atoms with Gasteiger partial charge in [-0.05, 0) is 18.2 Å². The second-order valence-corrected chi connectivity index (χ2v) is 5.16. The predicted octanol–water partition coefficient (Wildman–Crippen LogP) is 3.30. The van der Waals surface area contributed by atoms with Crippen LogP contribution in [0.25, 0.3) is 10.1 Å². The van der Waals surface area contributed by atoms with Crippen molar-refractivity contribution in [2.45, 2.75) is 12.6 Å². The van der Waals surface area contributed by atoms with Gasteiger partial charge in [0.1, 0.15) is 10.7 Å². The molecule has 1 heterocycles. The number of hydrogen-bond acceptors (Lipinski definition) is 3. The summed E-state index contributed by atoms with van der Waals surface area (Å²) in [6.07, 6.45) is -5.44. The van der Waals surface area contributed by atoms with E-state index in [9.17, 15) is 22.4 Å². The Hall–Kier alpha value is -1.83. The zero-order valence-electron chi connectivity index (χ0n) is 10.1. The Labute approximate surface area is 115 Å². The zero-order valence-corrected chi connectivity index (χ0v) is 10.9. The molecule has 1 aromatic carbocycles. The molecule has 20 heavy (non-hydrogen) atoms. The van der Waals surface area contributed by atoms with Crippen molar-refractivity contribution in [1.29, 1.82) is 0 Å². The van der Waals surface area contributed by atoms with Gasteiger partial charge in [0.2, 0.25) is 0 Å². The number of fused-ring (bicyclic) bond motifs is 1. The van der Waals surface area contributed by atoms with E-state index < -0.39 is 30.9 Å². The number of benzene rings is 1. The lowest BCUT2D eigenvalue weighted by Gasteiger charge is -2.07. The number of thiophene rings is 1. The standard InChI is InChI=1S/C12H10F4N2OS/c13-6-1-2-8-7(5-6)9(17)10(20-8)11(19)18-4-3-12(14,15)16/h1-2,5H,3-4,17H2,(H,18,19). The Morgan fingerprint density at radius 1 is 1.35 bits per heavy atom. The molecule has 0 unspecified atom stereocenters. The maximum absolute atomic E-state index is 13.1. The number of carbonyl (C=O) groups is 1. The van der Waals surface area contributed by atoms with Gasteiger partial charge in [0.25, 0.3) is 5.91 Å². The molecule has 0 aliphatic carbocycles. The third-order valence-corrected chi connectivity index (χ3v) is 3.77. The number of nitrogen functional groups attached to an aromatic ring is 1. The van der Waals surface area contributed by atoms with Crippen molar-refractivity contribution in [3.05, 3.63) is 28.9 Å². The number of rotatable bonds is 3. The third kappa shape index (κ3) is 3.19. The molecule has 1 amide bonds. The smallest absolute Gasteiger partial charge is 0.390 e. The summed E-state index contributed by atoms with van der Waals surface area (Å²) in [6, 6.07) is 3.88. The number of anilines is 1. The number of nitrogens with two attached hydrogens (primary N) is 1. The summed E-state index contributed by atoms with van der Waals surface area (Å²) < 4.78 is 49.6. The van der Waals surface area contributed by atoms with Crippen LogP contribution in [0.1, 0.15) is 16.1 Å². The molecule has 2 rings (SSSR count). The second-order valence-electron chi connectivity index (χ2n) is 4.11. The first-order valence-corrected chi connectivity index (χ1v) is 6.42. The first-order chi connectivity index (χ1) is 9.28. The summed E-state index contributed by atoms with van der Waals surface area (Å²) in [5, 5.41) is 2.53. The molecule has 0 radical (unpaired) electrons. The van der Waals surface area contributed by atoms with Crippen molar-refractivity contribution in [1.82, 2.24) is 5.32 Å². The molecule has 3 nitrogen and oxygen atoms in total. The lowest BCUT2D eigenvalue weighted by Crippen LogP contribution is -2.27. The molecular formula is C12H10F4N2OS. The SMILES string of the molecule is Nc1c(C(=O)NCCC(F)(F)F)sc2ccc(F)cc12. The minimum atomic E-state index is -4.33. The van der Waals surface area contributed by atoms with E-state index in [0.717, 1.165) is 11.3 Å². The van der Waals surface area contributed by atoms with Gasteiger partial charge in [-0.2, -0.15) is 13.2 Å². The minimum absolute atomic E-state index is 0.0778. The second kappa shape index (κ2) is 5.28. The molecule has 0 aliphatic heterocycles. The number of amides is 1. The Bertz CT molecular complexity index is 651. The topological polar surface area (TPSA) is 55.1 Å². The molecule has 0 fully saturated rings. The van der Waals surface area contributed by atoms with E-state index in [0.29, 0.717) is 10.1 Å². The van der Waals surface area contributed by atoms with E-state index in [1.54, 1.807) is 0 Å². The Morgan fingerprint density at radius 3 is 2.70 bits per heavy atom. The quantitative estimate of drug-likeness (QED) is 0.855. The van der Waals surface area contributed by atoms with Crippen LogP contribution in [0.15, 0.2) is 18.2 Å².